The van der Waals surface area contributed by atoms with Crippen molar-refractivity contribution in [3.63, 3.8) is 0 Å². The predicted molar refractivity (Wildman–Crippen MR) is 51.6 cm³/mol. The molecule has 1 aliphatic rings. The molecule has 0 aliphatic carbocycles. The molecule has 1 rings (SSSR count). The average molecular weight is 185 g/mol. The summed E-state index contributed by atoms with van der Waals surface area (Å²) in [6, 6.07) is 0. The van der Waals surface area contributed by atoms with Gasteiger partial charge in [0.05, 0.1) is 5.41 Å². The van der Waals surface area contributed by atoms with Gasteiger partial charge in [0.2, 0.25) is 0 Å². The second kappa shape index (κ2) is 3.66. The summed E-state index contributed by atoms with van der Waals surface area (Å²) in [6.07, 6.45) is 0.799. The number of aliphatic carboxylic acids is 1. The van der Waals surface area contributed by atoms with Crippen LogP contribution >= 0.6 is 0 Å². The molecule has 1 atom stereocenters. The van der Waals surface area contributed by atoms with Gasteiger partial charge in [0.1, 0.15) is 0 Å². The van der Waals surface area contributed by atoms with Gasteiger partial charge in [-0.3, -0.25) is 4.79 Å². The lowest BCUT2D eigenvalue weighted by Gasteiger charge is -2.28. The number of hydrogen-bond acceptors (Lipinski definition) is 2. The maximum Gasteiger partial charge on any atom is 0.311 e. The van der Waals surface area contributed by atoms with Crippen LogP contribution in [0, 0.1) is 11.3 Å². The molecule has 1 heterocycles. The number of likely N-dealkylation sites (tertiary alicyclic amines) is 1. The van der Waals surface area contributed by atoms with Crippen LogP contribution in [-0.4, -0.2) is 35.6 Å². The van der Waals surface area contributed by atoms with Crippen molar-refractivity contribution in [2.75, 3.05) is 19.6 Å². The number of carboxylic acids is 1. The standard InChI is InChI=1S/C10H19NO2/c1-4-11-6-5-10(7-11,8(2)3)9(12)13/h8H,4-7H2,1-3H3,(H,12,13). The molecule has 1 N–H and O–H groups in total. The van der Waals surface area contributed by atoms with Crippen LogP contribution in [0.4, 0.5) is 0 Å². The van der Waals surface area contributed by atoms with Crippen molar-refractivity contribution in [1.82, 2.24) is 4.90 Å². The van der Waals surface area contributed by atoms with E-state index in [1.807, 2.05) is 13.8 Å². The summed E-state index contributed by atoms with van der Waals surface area (Å²) < 4.78 is 0. The van der Waals surface area contributed by atoms with Crippen molar-refractivity contribution in [3.05, 3.63) is 0 Å². The SMILES string of the molecule is CCN1CCC(C(=O)O)(C(C)C)C1. The van der Waals surface area contributed by atoms with Crippen LogP contribution in [0.15, 0.2) is 0 Å². The summed E-state index contributed by atoms with van der Waals surface area (Å²) >= 11 is 0. The molecule has 0 saturated carbocycles. The Kier molecular flexibility index (Phi) is 2.96. The first kappa shape index (κ1) is 10.5. The zero-order valence-corrected chi connectivity index (χ0v) is 8.71. The van der Waals surface area contributed by atoms with Crippen LogP contribution in [0.3, 0.4) is 0 Å². The Morgan fingerprint density at radius 3 is 2.46 bits per heavy atom. The summed E-state index contributed by atoms with van der Waals surface area (Å²) in [4.78, 5) is 13.4. The first-order valence-electron chi connectivity index (χ1n) is 4.98. The molecule has 1 saturated heterocycles. The van der Waals surface area contributed by atoms with E-state index in [1.54, 1.807) is 0 Å². The summed E-state index contributed by atoms with van der Waals surface area (Å²) in [6.45, 7) is 8.71. The van der Waals surface area contributed by atoms with Crippen LogP contribution in [0.1, 0.15) is 27.2 Å². The number of nitrogens with zero attached hydrogens (tertiary/aromatic N) is 1. The van der Waals surface area contributed by atoms with Gasteiger partial charge < -0.3 is 10.0 Å². The zero-order chi connectivity index (χ0) is 10.1. The van der Waals surface area contributed by atoms with E-state index in [1.165, 1.54) is 0 Å². The lowest BCUT2D eigenvalue weighted by atomic mass is 9.76. The van der Waals surface area contributed by atoms with E-state index in [4.69, 9.17) is 0 Å². The molecule has 3 heteroatoms. The second-order valence-corrected chi connectivity index (χ2v) is 4.23. The molecule has 0 aromatic heterocycles. The zero-order valence-electron chi connectivity index (χ0n) is 8.71. The van der Waals surface area contributed by atoms with Crippen LogP contribution in [0.5, 0.6) is 0 Å². The highest BCUT2D eigenvalue weighted by Gasteiger charge is 2.46. The van der Waals surface area contributed by atoms with Crippen molar-refractivity contribution in [2.24, 2.45) is 11.3 Å². The molecule has 0 bridgehead atoms. The summed E-state index contributed by atoms with van der Waals surface area (Å²) in [5, 5.41) is 9.22. The number of carbonyl (C=O) groups is 1. The fourth-order valence-corrected chi connectivity index (χ4v) is 2.08. The Morgan fingerprint density at radius 2 is 2.23 bits per heavy atom. The maximum absolute atomic E-state index is 11.2. The van der Waals surface area contributed by atoms with Gasteiger partial charge in [-0.05, 0) is 25.4 Å². The third-order valence-electron chi connectivity index (χ3n) is 3.36. The number of hydrogen-bond donors (Lipinski definition) is 1. The minimum atomic E-state index is -0.626. The Labute approximate surface area is 79.7 Å². The van der Waals surface area contributed by atoms with E-state index in [9.17, 15) is 9.90 Å². The van der Waals surface area contributed by atoms with Crippen molar-refractivity contribution >= 4 is 5.97 Å². The van der Waals surface area contributed by atoms with Crippen molar-refractivity contribution in [1.29, 1.82) is 0 Å². The van der Waals surface area contributed by atoms with Crippen LogP contribution in [0.25, 0.3) is 0 Å². The van der Waals surface area contributed by atoms with Gasteiger partial charge in [0, 0.05) is 6.54 Å². The molecule has 76 valence electrons. The van der Waals surface area contributed by atoms with Crippen molar-refractivity contribution < 1.29 is 9.90 Å². The van der Waals surface area contributed by atoms with Crippen molar-refractivity contribution in [2.45, 2.75) is 27.2 Å². The lowest BCUT2D eigenvalue weighted by Crippen LogP contribution is -2.39. The van der Waals surface area contributed by atoms with Gasteiger partial charge in [0.25, 0.3) is 0 Å². The van der Waals surface area contributed by atoms with Gasteiger partial charge in [-0.2, -0.15) is 0 Å². The summed E-state index contributed by atoms with van der Waals surface area (Å²) in [5.41, 5.74) is -0.490. The molecule has 0 amide bonds. The summed E-state index contributed by atoms with van der Waals surface area (Å²) in [5.74, 6) is -0.403. The molecular formula is C10H19NO2. The fourth-order valence-electron chi connectivity index (χ4n) is 2.08. The highest BCUT2D eigenvalue weighted by molar-refractivity contribution is 5.75. The highest BCUT2D eigenvalue weighted by Crippen LogP contribution is 2.37. The Hall–Kier alpha value is -0.570. The van der Waals surface area contributed by atoms with E-state index in [-0.39, 0.29) is 5.92 Å². The molecule has 0 aromatic rings. The fraction of sp³-hybridized carbons (Fsp3) is 0.900. The molecule has 1 fully saturated rings. The molecule has 1 unspecified atom stereocenters. The quantitative estimate of drug-likeness (QED) is 0.723. The maximum atomic E-state index is 11.2. The van der Waals surface area contributed by atoms with E-state index in [0.29, 0.717) is 0 Å². The Balaban J connectivity index is 2.78. The van der Waals surface area contributed by atoms with E-state index >= 15 is 0 Å². The van der Waals surface area contributed by atoms with E-state index in [0.717, 1.165) is 26.1 Å². The van der Waals surface area contributed by atoms with Gasteiger partial charge in [0.15, 0.2) is 0 Å². The van der Waals surface area contributed by atoms with Crippen LogP contribution < -0.4 is 0 Å². The largest absolute Gasteiger partial charge is 0.481 e. The third kappa shape index (κ3) is 1.70. The normalized spacial score (nSPS) is 29.8. The second-order valence-electron chi connectivity index (χ2n) is 4.23. The number of carboxylic acid groups (broad SMARTS) is 1. The van der Waals surface area contributed by atoms with Gasteiger partial charge >= 0.3 is 5.97 Å². The average Bonchev–Trinajstić information content (AvgIpc) is 2.48. The monoisotopic (exact) mass is 185 g/mol. The molecular weight excluding hydrogens is 166 g/mol. The molecule has 0 spiro atoms. The Morgan fingerprint density at radius 1 is 1.62 bits per heavy atom. The summed E-state index contributed by atoms with van der Waals surface area (Å²) in [7, 11) is 0. The number of rotatable bonds is 3. The topological polar surface area (TPSA) is 40.5 Å². The first-order chi connectivity index (χ1) is 6.03. The Bertz CT molecular complexity index is 203. The van der Waals surface area contributed by atoms with Crippen LogP contribution in [0.2, 0.25) is 0 Å². The van der Waals surface area contributed by atoms with Crippen molar-refractivity contribution in [3.8, 4) is 0 Å². The lowest BCUT2D eigenvalue weighted by molar-refractivity contribution is -0.150. The van der Waals surface area contributed by atoms with E-state index in [2.05, 4.69) is 11.8 Å². The van der Waals surface area contributed by atoms with Gasteiger partial charge in [-0.1, -0.05) is 20.8 Å². The predicted octanol–water partition coefficient (Wildman–Crippen LogP) is 1.44. The van der Waals surface area contributed by atoms with Gasteiger partial charge in [-0.25, -0.2) is 0 Å². The molecule has 1 aliphatic heterocycles. The molecule has 0 aromatic carbocycles. The first-order valence-corrected chi connectivity index (χ1v) is 4.98. The highest BCUT2D eigenvalue weighted by atomic mass is 16.4. The smallest absolute Gasteiger partial charge is 0.311 e. The third-order valence-corrected chi connectivity index (χ3v) is 3.36. The van der Waals surface area contributed by atoms with Gasteiger partial charge in [-0.15, -0.1) is 0 Å². The van der Waals surface area contributed by atoms with Crippen LogP contribution in [-0.2, 0) is 4.79 Å². The van der Waals surface area contributed by atoms with E-state index < -0.39 is 11.4 Å². The minimum absolute atomic E-state index is 0.224. The molecule has 3 nitrogen and oxygen atoms in total. The molecule has 13 heavy (non-hydrogen) atoms. The molecule has 0 radical (unpaired) electrons. The minimum Gasteiger partial charge on any atom is -0.481 e.